The normalized spacial score (nSPS) is 36.8. The van der Waals surface area contributed by atoms with Crippen molar-refractivity contribution in [3.8, 4) is 0 Å². The number of esters is 1. The maximum Gasteiger partial charge on any atom is 0.432 e. The van der Waals surface area contributed by atoms with Gasteiger partial charge in [-0.05, 0) is 49.9 Å². The first-order chi connectivity index (χ1) is 10.8. The lowest BCUT2D eigenvalue weighted by Crippen LogP contribution is -2.53. The molecule has 0 heterocycles. The summed E-state index contributed by atoms with van der Waals surface area (Å²) < 4.78 is 99.4. The van der Waals surface area contributed by atoms with E-state index in [0.717, 1.165) is 6.42 Å². The van der Waals surface area contributed by atoms with E-state index in [1.54, 1.807) is 0 Å². The SMILES string of the molecule is O=C(OC(C(F)(F)F)C(F)(F)S(=O)(=O)O)C12CC3CC(CC1C3)C2. The Bertz CT molecular complexity index is 644. The first kappa shape index (κ1) is 17.8. The molecule has 4 rings (SSSR count). The van der Waals surface area contributed by atoms with E-state index in [9.17, 15) is 35.2 Å². The van der Waals surface area contributed by atoms with E-state index in [2.05, 4.69) is 4.74 Å². The molecule has 4 aliphatic rings. The third-order valence-corrected chi connectivity index (χ3v) is 6.47. The predicted octanol–water partition coefficient (Wildman–Crippen LogP) is 2.77. The summed E-state index contributed by atoms with van der Waals surface area (Å²) in [6.07, 6.45) is -7.41. The Labute approximate surface area is 134 Å². The molecule has 3 unspecified atom stereocenters. The fraction of sp³-hybridized carbons (Fsp3) is 0.923. The van der Waals surface area contributed by atoms with Gasteiger partial charge in [0.05, 0.1) is 5.41 Å². The minimum absolute atomic E-state index is 0.154. The number of carbonyl (C=O) groups excluding carboxylic acids is 1. The van der Waals surface area contributed by atoms with Gasteiger partial charge in [0.15, 0.2) is 0 Å². The number of halogens is 5. The minimum atomic E-state index is -6.41. The molecule has 4 aliphatic carbocycles. The zero-order valence-corrected chi connectivity index (χ0v) is 13.0. The van der Waals surface area contributed by atoms with E-state index in [1.807, 2.05) is 0 Å². The molecule has 3 atom stereocenters. The van der Waals surface area contributed by atoms with Gasteiger partial charge in [0, 0.05) is 0 Å². The maximum atomic E-state index is 13.5. The summed E-state index contributed by atoms with van der Waals surface area (Å²) in [5, 5.41) is -5.67. The summed E-state index contributed by atoms with van der Waals surface area (Å²) in [4.78, 5) is 12.3. The van der Waals surface area contributed by atoms with Crippen molar-refractivity contribution in [2.45, 2.75) is 49.6 Å². The Kier molecular flexibility index (Phi) is 3.74. The van der Waals surface area contributed by atoms with Crippen LogP contribution in [-0.2, 0) is 19.6 Å². The van der Waals surface area contributed by atoms with Crippen LogP contribution in [0, 0.1) is 23.2 Å². The Morgan fingerprint density at radius 1 is 1.08 bits per heavy atom. The van der Waals surface area contributed by atoms with Gasteiger partial charge in [0.1, 0.15) is 0 Å². The molecule has 5 nitrogen and oxygen atoms in total. The van der Waals surface area contributed by atoms with E-state index >= 15 is 0 Å². The molecule has 1 N–H and O–H groups in total. The van der Waals surface area contributed by atoms with Crippen LogP contribution in [0.1, 0.15) is 32.1 Å². The minimum Gasteiger partial charge on any atom is -0.444 e. The van der Waals surface area contributed by atoms with Crippen molar-refractivity contribution in [1.82, 2.24) is 0 Å². The molecule has 0 saturated heterocycles. The second-order valence-electron chi connectivity index (χ2n) is 7.06. The number of rotatable bonds is 4. The number of hydrogen-bond donors (Lipinski definition) is 1. The highest BCUT2D eigenvalue weighted by Crippen LogP contribution is 2.66. The van der Waals surface area contributed by atoms with Gasteiger partial charge in [-0.3, -0.25) is 9.35 Å². The monoisotopic (exact) mass is 378 g/mol. The van der Waals surface area contributed by atoms with Crippen molar-refractivity contribution in [3.63, 3.8) is 0 Å². The average Bonchev–Trinajstić information content (AvgIpc) is 2.79. The zero-order valence-electron chi connectivity index (χ0n) is 12.2. The number of hydrogen-bond acceptors (Lipinski definition) is 4. The van der Waals surface area contributed by atoms with Crippen molar-refractivity contribution in [1.29, 1.82) is 0 Å². The van der Waals surface area contributed by atoms with Crippen LogP contribution in [0.5, 0.6) is 0 Å². The molecule has 0 amide bonds. The van der Waals surface area contributed by atoms with Gasteiger partial charge in [-0.1, -0.05) is 0 Å². The zero-order chi connectivity index (χ0) is 18.1. The molecule has 0 spiro atoms. The van der Waals surface area contributed by atoms with Crippen LogP contribution in [0.4, 0.5) is 22.0 Å². The summed E-state index contributed by atoms with van der Waals surface area (Å²) in [7, 11) is -6.41. The molecule has 0 aromatic rings. The lowest BCUT2D eigenvalue weighted by molar-refractivity contribution is -0.263. The molecule has 0 radical (unpaired) electrons. The molecular formula is C13H15F5O5S. The topological polar surface area (TPSA) is 80.7 Å². The number of alkyl halides is 5. The third-order valence-electron chi connectivity index (χ3n) is 5.57. The van der Waals surface area contributed by atoms with Gasteiger partial charge in [-0.2, -0.15) is 30.4 Å². The smallest absolute Gasteiger partial charge is 0.432 e. The van der Waals surface area contributed by atoms with Gasteiger partial charge in [0.25, 0.3) is 6.10 Å². The van der Waals surface area contributed by atoms with Crippen LogP contribution in [0.25, 0.3) is 0 Å². The van der Waals surface area contributed by atoms with E-state index in [4.69, 9.17) is 4.55 Å². The largest absolute Gasteiger partial charge is 0.444 e. The van der Waals surface area contributed by atoms with Crippen LogP contribution in [0.3, 0.4) is 0 Å². The summed E-state index contributed by atoms with van der Waals surface area (Å²) in [5.41, 5.74) is -1.24. The summed E-state index contributed by atoms with van der Waals surface area (Å²) in [6, 6.07) is 0. The Morgan fingerprint density at radius 2 is 1.58 bits per heavy atom. The van der Waals surface area contributed by atoms with E-state index in [-0.39, 0.29) is 30.6 Å². The molecule has 0 aliphatic heterocycles. The predicted molar refractivity (Wildman–Crippen MR) is 68.4 cm³/mol. The van der Waals surface area contributed by atoms with Gasteiger partial charge in [-0.25, -0.2) is 0 Å². The molecule has 4 bridgehead atoms. The summed E-state index contributed by atoms with van der Waals surface area (Å²) in [6.45, 7) is 0. The highest BCUT2D eigenvalue weighted by molar-refractivity contribution is 7.86. The van der Waals surface area contributed by atoms with Crippen molar-refractivity contribution >= 4 is 16.1 Å². The van der Waals surface area contributed by atoms with Crippen molar-refractivity contribution in [3.05, 3.63) is 0 Å². The van der Waals surface area contributed by atoms with Gasteiger partial charge < -0.3 is 4.74 Å². The standard InChI is InChI=1S/C13H15F5O5S/c14-12(15,16)9(13(17,18)24(20,21)22)23-10(19)11-4-6-1-7(5-11)3-8(11)2-6/h6-9H,1-5H2,(H,20,21,22). The highest BCUT2D eigenvalue weighted by atomic mass is 32.2. The molecular weight excluding hydrogens is 363 g/mol. The molecule has 11 heteroatoms. The van der Waals surface area contributed by atoms with Crippen LogP contribution < -0.4 is 0 Å². The van der Waals surface area contributed by atoms with Crippen LogP contribution in [-0.4, -0.2) is 36.5 Å². The van der Waals surface area contributed by atoms with Crippen LogP contribution >= 0.6 is 0 Å². The molecule has 138 valence electrons. The fourth-order valence-corrected chi connectivity index (χ4v) is 5.27. The van der Waals surface area contributed by atoms with Crippen molar-refractivity contribution < 1.29 is 44.5 Å². The van der Waals surface area contributed by atoms with Gasteiger partial charge >= 0.3 is 27.5 Å². The van der Waals surface area contributed by atoms with Crippen LogP contribution in [0.15, 0.2) is 0 Å². The van der Waals surface area contributed by atoms with E-state index < -0.39 is 39.0 Å². The average molecular weight is 378 g/mol. The lowest BCUT2D eigenvalue weighted by atomic mass is 9.75. The van der Waals surface area contributed by atoms with Crippen molar-refractivity contribution in [2.24, 2.45) is 23.2 Å². The molecule has 24 heavy (non-hydrogen) atoms. The van der Waals surface area contributed by atoms with Crippen molar-refractivity contribution in [2.75, 3.05) is 0 Å². The Hall–Kier alpha value is -0.970. The quantitative estimate of drug-likeness (QED) is 0.462. The third kappa shape index (κ3) is 2.51. The molecule has 0 aromatic heterocycles. The maximum absolute atomic E-state index is 13.5. The summed E-state index contributed by atoms with van der Waals surface area (Å²) >= 11 is 0. The van der Waals surface area contributed by atoms with E-state index in [0.29, 0.717) is 12.8 Å². The first-order valence-corrected chi connectivity index (χ1v) is 8.84. The second-order valence-corrected chi connectivity index (χ2v) is 8.56. The van der Waals surface area contributed by atoms with Gasteiger partial charge in [-0.15, -0.1) is 0 Å². The highest BCUT2D eigenvalue weighted by Gasteiger charge is 2.69. The van der Waals surface area contributed by atoms with Crippen LogP contribution in [0.2, 0.25) is 0 Å². The second kappa shape index (κ2) is 5.03. The molecule has 4 fully saturated rings. The fourth-order valence-electron chi connectivity index (χ4n) is 4.82. The van der Waals surface area contributed by atoms with Gasteiger partial charge in [0.2, 0.25) is 0 Å². The number of ether oxygens (including phenoxy) is 1. The number of carbonyl (C=O) groups is 1. The summed E-state index contributed by atoms with van der Waals surface area (Å²) in [5.74, 6) is -1.35. The Balaban J connectivity index is 1.88. The first-order valence-electron chi connectivity index (χ1n) is 7.40. The molecule has 4 saturated carbocycles. The lowest BCUT2D eigenvalue weighted by Gasteiger charge is -2.33. The Morgan fingerprint density at radius 3 is 2.00 bits per heavy atom. The molecule has 0 aromatic carbocycles. The van der Waals surface area contributed by atoms with E-state index in [1.165, 1.54) is 0 Å².